The van der Waals surface area contributed by atoms with E-state index in [1.165, 1.54) is 12.1 Å². The molecule has 0 atom stereocenters. The Bertz CT molecular complexity index is 542. The number of hydrogen-bond acceptors (Lipinski definition) is 4. The topological polar surface area (TPSA) is 63.8 Å². The molecular weight excluding hydrogens is 278 g/mol. The molecule has 1 heterocycles. The number of nitrogens with one attached hydrogen (secondary N) is 1. The van der Waals surface area contributed by atoms with Gasteiger partial charge in [0.05, 0.1) is 5.02 Å². The molecular formula is C11H11Cl2FN4. The van der Waals surface area contributed by atoms with Crippen LogP contribution >= 0.6 is 24.0 Å². The first-order chi connectivity index (χ1) is 8.04. The fraction of sp³-hybridized carbons (Fsp3) is 0.0909. The third kappa shape index (κ3) is 3.45. The van der Waals surface area contributed by atoms with E-state index in [4.69, 9.17) is 17.3 Å². The summed E-state index contributed by atoms with van der Waals surface area (Å²) in [6.07, 6.45) is 0. The summed E-state index contributed by atoms with van der Waals surface area (Å²) in [7, 11) is 0. The van der Waals surface area contributed by atoms with Crippen LogP contribution in [0.5, 0.6) is 0 Å². The standard InChI is InChI=1S/C11H10ClFN4.ClH/c1-6-4-10(14)17-11(15-6)16-7-2-3-9(13)8(12)5-7;/h2-5H,1H3,(H3,14,15,16,17);1H. The second-order valence-corrected chi connectivity index (χ2v) is 3.92. The van der Waals surface area contributed by atoms with Gasteiger partial charge in [0.2, 0.25) is 5.95 Å². The van der Waals surface area contributed by atoms with Gasteiger partial charge in [-0.15, -0.1) is 12.4 Å². The van der Waals surface area contributed by atoms with Crippen molar-refractivity contribution < 1.29 is 4.39 Å². The van der Waals surface area contributed by atoms with Crippen LogP contribution in [-0.2, 0) is 0 Å². The maximum absolute atomic E-state index is 13.0. The van der Waals surface area contributed by atoms with Crippen LogP contribution in [0.3, 0.4) is 0 Å². The number of nitrogen functional groups attached to an aromatic ring is 1. The lowest BCUT2D eigenvalue weighted by Crippen LogP contribution is -2.01. The second kappa shape index (κ2) is 5.84. The molecule has 0 spiro atoms. The first kappa shape index (κ1) is 14.5. The Morgan fingerprint density at radius 2 is 2.00 bits per heavy atom. The van der Waals surface area contributed by atoms with Gasteiger partial charge in [-0.1, -0.05) is 11.6 Å². The van der Waals surface area contributed by atoms with Gasteiger partial charge in [-0.05, 0) is 25.1 Å². The smallest absolute Gasteiger partial charge is 0.229 e. The molecule has 0 aliphatic rings. The van der Waals surface area contributed by atoms with E-state index in [0.29, 0.717) is 17.5 Å². The number of nitrogens with two attached hydrogens (primary N) is 1. The number of nitrogens with zero attached hydrogens (tertiary/aromatic N) is 2. The molecule has 4 nitrogen and oxygen atoms in total. The molecule has 1 aromatic carbocycles. The van der Waals surface area contributed by atoms with Crippen molar-refractivity contribution in [2.24, 2.45) is 0 Å². The van der Waals surface area contributed by atoms with Gasteiger partial charge in [-0.2, -0.15) is 4.98 Å². The van der Waals surface area contributed by atoms with Crippen LogP contribution in [0, 0.1) is 12.7 Å². The van der Waals surface area contributed by atoms with Crippen molar-refractivity contribution >= 4 is 41.5 Å². The van der Waals surface area contributed by atoms with Crippen molar-refractivity contribution in [3.8, 4) is 0 Å². The molecule has 18 heavy (non-hydrogen) atoms. The van der Waals surface area contributed by atoms with Crippen molar-refractivity contribution in [2.45, 2.75) is 6.92 Å². The molecule has 96 valence electrons. The lowest BCUT2D eigenvalue weighted by Gasteiger charge is -2.06. The highest BCUT2D eigenvalue weighted by atomic mass is 35.5. The van der Waals surface area contributed by atoms with Gasteiger partial charge in [0.1, 0.15) is 11.6 Å². The van der Waals surface area contributed by atoms with Crippen molar-refractivity contribution in [2.75, 3.05) is 11.1 Å². The van der Waals surface area contributed by atoms with Crippen molar-refractivity contribution in [3.63, 3.8) is 0 Å². The van der Waals surface area contributed by atoms with E-state index in [-0.39, 0.29) is 17.4 Å². The predicted octanol–water partition coefficient (Wildman–Crippen LogP) is 3.33. The molecule has 0 radical (unpaired) electrons. The van der Waals surface area contributed by atoms with Crippen molar-refractivity contribution in [1.82, 2.24) is 9.97 Å². The number of rotatable bonds is 2. The number of benzene rings is 1. The van der Waals surface area contributed by atoms with Crippen molar-refractivity contribution in [1.29, 1.82) is 0 Å². The SMILES string of the molecule is Cc1cc(N)nc(Nc2ccc(F)c(Cl)c2)n1.Cl. The molecule has 0 bridgehead atoms. The quantitative estimate of drug-likeness (QED) is 0.890. The summed E-state index contributed by atoms with van der Waals surface area (Å²) in [5, 5.41) is 2.94. The largest absolute Gasteiger partial charge is 0.384 e. The van der Waals surface area contributed by atoms with Gasteiger partial charge < -0.3 is 11.1 Å². The minimum absolute atomic E-state index is 0. The van der Waals surface area contributed by atoms with Gasteiger partial charge in [0.25, 0.3) is 0 Å². The minimum Gasteiger partial charge on any atom is -0.384 e. The van der Waals surface area contributed by atoms with E-state index in [0.717, 1.165) is 5.69 Å². The lowest BCUT2D eigenvalue weighted by molar-refractivity contribution is 0.628. The van der Waals surface area contributed by atoms with Crippen LogP contribution < -0.4 is 11.1 Å². The fourth-order valence-corrected chi connectivity index (χ4v) is 1.53. The Morgan fingerprint density at radius 1 is 1.28 bits per heavy atom. The van der Waals surface area contributed by atoms with E-state index in [1.54, 1.807) is 19.1 Å². The third-order valence-electron chi connectivity index (χ3n) is 2.05. The second-order valence-electron chi connectivity index (χ2n) is 3.51. The minimum atomic E-state index is -0.470. The third-order valence-corrected chi connectivity index (χ3v) is 2.34. The number of anilines is 3. The molecule has 1 aromatic heterocycles. The van der Waals surface area contributed by atoms with E-state index >= 15 is 0 Å². The van der Waals surface area contributed by atoms with Crippen LogP contribution in [0.1, 0.15) is 5.69 Å². The monoisotopic (exact) mass is 288 g/mol. The van der Waals surface area contributed by atoms with E-state index in [9.17, 15) is 4.39 Å². The predicted molar refractivity (Wildman–Crippen MR) is 73.1 cm³/mol. The first-order valence-corrected chi connectivity index (χ1v) is 5.25. The highest BCUT2D eigenvalue weighted by Crippen LogP contribution is 2.21. The Hall–Kier alpha value is -1.59. The Morgan fingerprint density at radius 3 is 2.61 bits per heavy atom. The molecule has 0 amide bonds. The molecule has 3 N–H and O–H groups in total. The van der Waals surface area contributed by atoms with Gasteiger partial charge in [0, 0.05) is 17.4 Å². The average molecular weight is 289 g/mol. The summed E-state index contributed by atoms with van der Waals surface area (Å²) in [5.74, 6) is 0.250. The van der Waals surface area contributed by atoms with E-state index in [1.807, 2.05) is 0 Å². The maximum atomic E-state index is 13.0. The van der Waals surface area contributed by atoms with Crippen LogP contribution in [0.25, 0.3) is 0 Å². The van der Waals surface area contributed by atoms with E-state index < -0.39 is 5.82 Å². The van der Waals surface area contributed by atoms with Crippen LogP contribution in [0.4, 0.5) is 21.8 Å². The average Bonchev–Trinajstić information content (AvgIpc) is 2.22. The summed E-state index contributed by atoms with van der Waals surface area (Å²) in [6.45, 7) is 1.81. The molecule has 0 aliphatic carbocycles. The molecule has 2 aromatic rings. The Balaban J connectivity index is 0.00000162. The van der Waals surface area contributed by atoms with Gasteiger partial charge in [0.15, 0.2) is 0 Å². The number of aromatic nitrogens is 2. The molecule has 0 saturated carbocycles. The Kier molecular flexibility index (Phi) is 4.69. The summed E-state index contributed by atoms with van der Waals surface area (Å²) in [4.78, 5) is 8.14. The van der Waals surface area contributed by atoms with E-state index in [2.05, 4.69) is 15.3 Å². The summed E-state index contributed by atoms with van der Waals surface area (Å²) in [6, 6.07) is 5.93. The van der Waals surface area contributed by atoms with Crippen molar-refractivity contribution in [3.05, 3.63) is 40.8 Å². The number of halogens is 3. The zero-order chi connectivity index (χ0) is 12.4. The Labute approximate surface area is 115 Å². The molecule has 0 aliphatic heterocycles. The molecule has 7 heteroatoms. The van der Waals surface area contributed by atoms with Gasteiger partial charge in [-0.3, -0.25) is 0 Å². The zero-order valence-corrected chi connectivity index (χ0v) is 11.0. The zero-order valence-electron chi connectivity index (χ0n) is 9.45. The summed E-state index contributed by atoms with van der Waals surface area (Å²) >= 11 is 5.66. The molecule has 0 fully saturated rings. The van der Waals surface area contributed by atoms with Crippen LogP contribution in [0.2, 0.25) is 5.02 Å². The molecule has 0 saturated heterocycles. The summed E-state index contributed by atoms with van der Waals surface area (Å²) in [5.41, 5.74) is 6.93. The van der Waals surface area contributed by atoms with Crippen LogP contribution in [0.15, 0.2) is 24.3 Å². The van der Waals surface area contributed by atoms with Crippen LogP contribution in [-0.4, -0.2) is 9.97 Å². The molecule has 0 unspecified atom stereocenters. The number of hydrogen-bond donors (Lipinski definition) is 2. The maximum Gasteiger partial charge on any atom is 0.229 e. The normalized spacial score (nSPS) is 9.72. The lowest BCUT2D eigenvalue weighted by atomic mass is 10.3. The van der Waals surface area contributed by atoms with Gasteiger partial charge in [-0.25, -0.2) is 9.37 Å². The van der Waals surface area contributed by atoms with Gasteiger partial charge >= 0.3 is 0 Å². The fourth-order valence-electron chi connectivity index (χ4n) is 1.35. The highest BCUT2D eigenvalue weighted by Gasteiger charge is 2.03. The summed E-state index contributed by atoms with van der Waals surface area (Å²) < 4.78 is 13.0. The molecule has 2 rings (SSSR count). The first-order valence-electron chi connectivity index (χ1n) is 4.88. The highest BCUT2D eigenvalue weighted by molar-refractivity contribution is 6.31. The number of aryl methyl sites for hydroxylation is 1.